The second-order valence-corrected chi connectivity index (χ2v) is 11.9. The summed E-state index contributed by atoms with van der Waals surface area (Å²) < 4.78 is 5.92. The van der Waals surface area contributed by atoms with Crippen LogP contribution in [0.25, 0.3) is 0 Å². The number of benzene rings is 1. The highest BCUT2D eigenvalue weighted by Crippen LogP contribution is 2.67. The summed E-state index contributed by atoms with van der Waals surface area (Å²) in [5, 5.41) is 11.4. The third-order valence-corrected chi connectivity index (χ3v) is 10.7. The minimum absolute atomic E-state index is 0.103. The molecule has 32 heavy (non-hydrogen) atoms. The maximum absolute atomic E-state index is 12.7. The molecule has 4 saturated carbocycles. The van der Waals surface area contributed by atoms with Gasteiger partial charge in [0.1, 0.15) is 6.10 Å². The van der Waals surface area contributed by atoms with E-state index in [1.165, 1.54) is 32.1 Å². The number of carbonyl (C=O) groups excluding carboxylic acids is 1. The van der Waals surface area contributed by atoms with E-state index in [4.69, 9.17) is 10.5 Å². The van der Waals surface area contributed by atoms with Crippen LogP contribution in [0.1, 0.15) is 88.9 Å². The van der Waals surface area contributed by atoms with Gasteiger partial charge in [0.05, 0.1) is 11.7 Å². The summed E-state index contributed by atoms with van der Waals surface area (Å²) in [6.45, 7) is 7.37. The van der Waals surface area contributed by atoms with Crippen molar-refractivity contribution >= 4 is 11.7 Å². The lowest BCUT2D eigenvalue weighted by Crippen LogP contribution is -2.58. The summed E-state index contributed by atoms with van der Waals surface area (Å²) >= 11 is 0. The zero-order valence-electron chi connectivity index (χ0n) is 20.1. The van der Waals surface area contributed by atoms with Gasteiger partial charge in [-0.1, -0.05) is 27.2 Å². The van der Waals surface area contributed by atoms with E-state index in [0.29, 0.717) is 28.5 Å². The molecule has 3 N–H and O–H groups in total. The molecule has 176 valence electrons. The number of aliphatic hydroxyl groups excluding tert-OH is 1. The first-order valence-corrected chi connectivity index (χ1v) is 13.0. The summed E-state index contributed by atoms with van der Waals surface area (Å²) in [7, 11) is 0. The molecule has 0 saturated heterocycles. The average Bonchev–Trinajstić information content (AvgIpc) is 3.11. The molecule has 0 bridgehead atoms. The number of nitrogens with two attached hydrogens (primary N) is 1. The molecule has 5 rings (SSSR count). The van der Waals surface area contributed by atoms with Gasteiger partial charge >= 0.3 is 5.97 Å². The Morgan fingerprint density at radius 1 is 1.00 bits per heavy atom. The maximum atomic E-state index is 12.7. The molecule has 4 aliphatic carbocycles. The fourth-order valence-corrected chi connectivity index (χ4v) is 8.99. The molecule has 9 atom stereocenters. The first-order chi connectivity index (χ1) is 15.3. The highest BCUT2D eigenvalue weighted by Gasteiger charge is 2.61. The minimum Gasteiger partial charge on any atom is -0.459 e. The second-order valence-electron chi connectivity index (χ2n) is 11.9. The first kappa shape index (κ1) is 22.3. The van der Waals surface area contributed by atoms with Crippen molar-refractivity contribution in [2.75, 3.05) is 5.73 Å². The SMILES string of the molecule is CCC1CCC2C3CC(O)C4CC(OC(=O)c5ccc(N)cc5)CCC4(C)C3CCC12C. The van der Waals surface area contributed by atoms with Crippen molar-refractivity contribution in [1.82, 2.24) is 0 Å². The van der Waals surface area contributed by atoms with Crippen molar-refractivity contribution in [3.05, 3.63) is 29.8 Å². The van der Waals surface area contributed by atoms with E-state index in [1.54, 1.807) is 24.3 Å². The van der Waals surface area contributed by atoms with Crippen LogP contribution in [0.4, 0.5) is 5.69 Å². The number of hydrogen-bond donors (Lipinski definition) is 2. The van der Waals surface area contributed by atoms with Crippen molar-refractivity contribution in [2.45, 2.75) is 90.8 Å². The molecule has 1 aromatic carbocycles. The van der Waals surface area contributed by atoms with Gasteiger partial charge in [-0.15, -0.1) is 0 Å². The summed E-state index contributed by atoms with van der Waals surface area (Å²) in [6, 6.07) is 6.94. The van der Waals surface area contributed by atoms with Crippen molar-refractivity contribution in [3.63, 3.8) is 0 Å². The molecule has 4 fully saturated rings. The van der Waals surface area contributed by atoms with Gasteiger partial charge in [0.25, 0.3) is 0 Å². The summed E-state index contributed by atoms with van der Waals surface area (Å²) in [5.41, 5.74) is 7.58. The molecule has 0 heterocycles. The van der Waals surface area contributed by atoms with Gasteiger partial charge in [-0.25, -0.2) is 4.79 Å². The van der Waals surface area contributed by atoms with E-state index in [0.717, 1.165) is 37.5 Å². The highest BCUT2D eigenvalue weighted by molar-refractivity contribution is 5.89. The fourth-order valence-electron chi connectivity index (χ4n) is 8.99. The van der Waals surface area contributed by atoms with Crippen molar-refractivity contribution in [1.29, 1.82) is 0 Å². The van der Waals surface area contributed by atoms with Crippen LogP contribution < -0.4 is 5.73 Å². The zero-order chi connectivity index (χ0) is 22.7. The summed E-state index contributed by atoms with van der Waals surface area (Å²) in [4.78, 5) is 12.7. The van der Waals surface area contributed by atoms with Crippen LogP contribution in [-0.4, -0.2) is 23.3 Å². The van der Waals surface area contributed by atoms with Gasteiger partial charge in [0, 0.05) is 5.69 Å². The molecule has 9 unspecified atom stereocenters. The summed E-state index contributed by atoms with van der Waals surface area (Å²) in [5.74, 6) is 2.97. The quantitative estimate of drug-likeness (QED) is 0.459. The van der Waals surface area contributed by atoms with Crippen LogP contribution in [0.3, 0.4) is 0 Å². The lowest BCUT2D eigenvalue weighted by atomic mass is 9.44. The standard InChI is InChI=1S/C28H41NO3/c1-4-18-7-10-22-21-16-25(30)24-15-20(32-26(31)17-5-8-19(29)9-6-17)11-13-28(24,3)23(21)12-14-27(18,22)2/h5-6,8-9,18,20-25,30H,4,7,10-16,29H2,1-3H3. The Bertz CT molecular complexity index is 853. The largest absolute Gasteiger partial charge is 0.459 e. The summed E-state index contributed by atoms with van der Waals surface area (Å²) in [6.07, 6.45) is 10.0. The smallest absolute Gasteiger partial charge is 0.338 e. The van der Waals surface area contributed by atoms with Gasteiger partial charge in [0.2, 0.25) is 0 Å². The average molecular weight is 440 g/mol. The molecular formula is C28H41NO3. The fraction of sp³-hybridized carbons (Fsp3) is 0.750. The molecule has 0 spiro atoms. The third-order valence-electron chi connectivity index (χ3n) is 10.7. The van der Waals surface area contributed by atoms with Crippen molar-refractivity contribution < 1.29 is 14.6 Å². The molecule has 1 aromatic rings. The molecule has 4 aliphatic rings. The number of hydrogen-bond acceptors (Lipinski definition) is 4. The van der Waals surface area contributed by atoms with Gasteiger partial charge in [-0.3, -0.25) is 0 Å². The molecule has 4 heteroatoms. The minimum atomic E-state index is -0.276. The predicted octanol–water partition coefficient (Wildman–Crippen LogP) is 5.83. The lowest BCUT2D eigenvalue weighted by Gasteiger charge is -2.62. The Morgan fingerprint density at radius 2 is 1.69 bits per heavy atom. The Kier molecular flexibility index (Phi) is 5.59. The van der Waals surface area contributed by atoms with Crippen LogP contribution in [0.2, 0.25) is 0 Å². The number of anilines is 1. The maximum Gasteiger partial charge on any atom is 0.338 e. The van der Waals surface area contributed by atoms with E-state index in [-0.39, 0.29) is 29.5 Å². The van der Waals surface area contributed by atoms with Gasteiger partial charge in [-0.2, -0.15) is 0 Å². The number of nitrogen functional groups attached to an aromatic ring is 1. The topological polar surface area (TPSA) is 72.5 Å². The van der Waals surface area contributed by atoms with Crippen LogP contribution in [-0.2, 0) is 4.74 Å². The second kappa shape index (κ2) is 8.04. The number of aliphatic hydroxyl groups is 1. The molecular weight excluding hydrogens is 398 g/mol. The van der Waals surface area contributed by atoms with Crippen molar-refractivity contribution in [2.24, 2.45) is 40.4 Å². The van der Waals surface area contributed by atoms with E-state index < -0.39 is 0 Å². The normalized spacial score (nSPS) is 45.4. The molecule has 0 aromatic heterocycles. The van der Waals surface area contributed by atoms with Gasteiger partial charge < -0.3 is 15.6 Å². The monoisotopic (exact) mass is 439 g/mol. The Hall–Kier alpha value is -1.55. The third kappa shape index (κ3) is 3.40. The molecule has 0 amide bonds. The van der Waals surface area contributed by atoms with E-state index in [1.807, 2.05) is 0 Å². The Morgan fingerprint density at radius 3 is 2.41 bits per heavy atom. The van der Waals surface area contributed by atoms with Gasteiger partial charge in [-0.05, 0) is 116 Å². The number of rotatable bonds is 3. The number of carbonyl (C=O) groups is 1. The number of ether oxygens (including phenoxy) is 1. The molecule has 0 radical (unpaired) electrons. The van der Waals surface area contributed by atoms with E-state index in [9.17, 15) is 9.90 Å². The highest BCUT2D eigenvalue weighted by atomic mass is 16.5. The lowest BCUT2D eigenvalue weighted by molar-refractivity contribution is -0.171. The first-order valence-electron chi connectivity index (χ1n) is 13.0. The molecule has 0 aliphatic heterocycles. The number of fused-ring (bicyclic) bond motifs is 5. The Labute approximate surface area is 193 Å². The predicted molar refractivity (Wildman–Crippen MR) is 127 cm³/mol. The van der Waals surface area contributed by atoms with Crippen LogP contribution in [0.15, 0.2) is 24.3 Å². The zero-order valence-corrected chi connectivity index (χ0v) is 20.1. The van der Waals surface area contributed by atoms with Crippen LogP contribution in [0, 0.1) is 40.4 Å². The van der Waals surface area contributed by atoms with E-state index in [2.05, 4.69) is 20.8 Å². The number of esters is 1. The van der Waals surface area contributed by atoms with E-state index >= 15 is 0 Å². The Balaban J connectivity index is 1.31. The van der Waals surface area contributed by atoms with Crippen LogP contribution in [0.5, 0.6) is 0 Å². The van der Waals surface area contributed by atoms with Gasteiger partial charge in [0.15, 0.2) is 0 Å². The molecule has 4 nitrogen and oxygen atoms in total. The van der Waals surface area contributed by atoms with Crippen molar-refractivity contribution in [3.8, 4) is 0 Å². The van der Waals surface area contributed by atoms with Crippen LogP contribution >= 0.6 is 0 Å².